The van der Waals surface area contributed by atoms with Gasteiger partial charge in [-0.1, -0.05) is 24.2 Å². The molecule has 1 saturated heterocycles. The Morgan fingerprint density at radius 1 is 1.22 bits per heavy atom. The van der Waals surface area contributed by atoms with E-state index in [1.165, 1.54) is 0 Å². The van der Waals surface area contributed by atoms with Gasteiger partial charge in [-0.25, -0.2) is 0 Å². The Morgan fingerprint density at radius 2 is 2.00 bits per heavy atom. The lowest BCUT2D eigenvalue weighted by atomic mass is 9.99. The minimum atomic E-state index is 0.472. The minimum Gasteiger partial charge on any atom is -0.364 e. The van der Waals surface area contributed by atoms with Crippen LogP contribution in [0.15, 0.2) is 32.4 Å². The molecule has 2 aromatic rings. The number of nitrogens with zero attached hydrogens (tertiary/aromatic N) is 5. The lowest BCUT2D eigenvalue weighted by Gasteiger charge is -2.36. The topological polar surface area (TPSA) is 82.9 Å². The molecule has 3 heterocycles. The molecule has 0 unspecified atom stereocenters. The third-order valence-electron chi connectivity index (χ3n) is 5.16. The van der Waals surface area contributed by atoms with Gasteiger partial charge in [-0.2, -0.15) is 0 Å². The second-order valence-electron chi connectivity index (χ2n) is 6.89. The number of rotatable bonds is 7. The molecule has 2 aromatic heterocycles. The van der Waals surface area contributed by atoms with E-state index in [2.05, 4.69) is 50.3 Å². The van der Waals surface area contributed by atoms with Gasteiger partial charge in [-0.05, 0) is 12.8 Å². The Labute approximate surface area is 160 Å². The molecule has 0 spiro atoms. The highest BCUT2D eigenvalue weighted by Crippen LogP contribution is 2.22. The van der Waals surface area contributed by atoms with E-state index in [9.17, 15) is 0 Å². The predicted molar refractivity (Wildman–Crippen MR) is 103 cm³/mol. The summed E-state index contributed by atoms with van der Waals surface area (Å²) in [6, 6.07) is 3.98. The fourth-order valence-corrected chi connectivity index (χ4v) is 3.48. The number of nitrogens with one attached hydrogen (secondary N) is 1. The number of hydrogen-bond acceptors (Lipinski definition) is 6. The zero-order valence-corrected chi connectivity index (χ0v) is 16.5. The van der Waals surface area contributed by atoms with Crippen LogP contribution in [0.1, 0.15) is 49.8 Å². The number of aliphatic imine (C=N–C) groups is 1. The van der Waals surface area contributed by atoms with E-state index >= 15 is 0 Å². The first-order valence-corrected chi connectivity index (χ1v) is 9.76. The van der Waals surface area contributed by atoms with Crippen LogP contribution in [-0.4, -0.2) is 59.3 Å². The molecule has 0 radical (unpaired) electrons. The highest BCUT2D eigenvalue weighted by molar-refractivity contribution is 5.79. The van der Waals surface area contributed by atoms with Gasteiger partial charge in [0.1, 0.15) is 6.26 Å². The van der Waals surface area contributed by atoms with Crippen LogP contribution in [0, 0.1) is 0 Å². The Morgan fingerprint density at radius 3 is 2.63 bits per heavy atom. The minimum absolute atomic E-state index is 0.472. The summed E-state index contributed by atoms with van der Waals surface area (Å²) in [4.78, 5) is 9.08. The fraction of sp³-hybridized carbons (Fsp3) is 0.632. The average Bonchev–Trinajstić information content (AvgIpc) is 3.37. The first kappa shape index (κ1) is 19.4. The Bertz CT molecular complexity index is 700. The molecule has 0 aliphatic carbocycles. The Hall–Kier alpha value is -2.35. The molecule has 0 aromatic carbocycles. The molecule has 8 heteroatoms. The molecular weight excluding hydrogens is 344 g/mol. The van der Waals surface area contributed by atoms with E-state index < -0.39 is 0 Å². The van der Waals surface area contributed by atoms with Crippen molar-refractivity contribution >= 4 is 5.96 Å². The zero-order chi connectivity index (χ0) is 19.1. The van der Waals surface area contributed by atoms with Gasteiger partial charge in [-0.3, -0.25) is 9.89 Å². The number of aromatic nitrogens is 2. The fourth-order valence-electron chi connectivity index (χ4n) is 3.48. The Kier molecular flexibility index (Phi) is 6.86. The standard InChI is InChI=1S/C19H30N6O2/c1-4-15(5-2)18-12-17(27-23-18)13-21-19(20-3)25-9-7-24(8-10-25)14-16-6-11-26-22-16/h6,11-12,15H,4-5,7-10,13-14H2,1-3H3,(H,20,21). The van der Waals surface area contributed by atoms with E-state index in [4.69, 9.17) is 9.05 Å². The summed E-state index contributed by atoms with van der Waals surface area (Å²) in [5.74, 6) is 2.22. The van der Waals surface area contributed by atoms with Crippen molar-refractivity contribution in [3.05, 3.63) is 35.5 Å². The second kappa shape index (κ2) is 9.55. The van der Waals surface area contributed by atoms with E-state index in [1.807, 2.05) is 13.1 Å². The van der Waals surface area contributed by atoms with Gasteiger partial charge in [0, 0.05) is 57.8 Å². The molecule has 3 rings (SSSR count). The number of hydrogen-bond donors (Lipinski definition) is 1. The predicted octanol–water partition coefficient (Wildman–Crippen LogP) is 2.46. The zero-order valence-electron chi connectivity index (χ0n) is 16.5. The molecule has 0 bridgehead atoms. The molecule has 1 aliphatic heterocycles. The number of guanidine groups is 1. The largest absolute Gasteiger partial charge is 0.364 e. The van der Waals surface area contributed by atoms with Gasteiger partial charge in [0.25, 0.3) is 0 Å². The third kappa shape index (κ3) is 5.09. The van der Waals surface area contributed by atoms with Gasteiger partial charge >= 0.3 is 0 Å². The third-order valence-corrected chi connectivity index (χ3v) is 5.16. The summed E-state index contributed by atoms with van der Waals surface area (Å²) in [7, 11) is 1.82. The van der Waals surface area contributed by atoms with Crippen molar-refractivity contribution in [3.8, 4) is 0 Å². The maximum atomic E-state index is 5.50. The second-order valence-corrected chi connectivity index (χ2v) is 6.89. The summed E-state index contributed by atoms with van der Waals surface area (Å²) in [5, 5.41) is 11.6. The van der Waals surface area contributed by atoms with Crippen molar-refractivity contribution in [3.63, 3.8) is 0 Å². The SMILES string of the molecule is CCC(CC)c1cc(CNC(=NC)N2CCN(Cc3ccon3)CC2)on1. The van der Waals surface area contributed by atoms with Crippen LogP contribution in [0.4, 0.5) is 0 Å². The molecule has 0 amide bonds. The van der Waals surface area contributed by atoms with Crippen molar-refractivity contribution in [2.45, 2.75) is 45.7 Å². The van der Waals surface area contributed by atoms with E-state index in [1.54, 1.807) is 6.26 Å². The van der Waals surface area contributed by atoms with Crippen LogP contribution < -0.4 is 5.32 Å². The summed E-state index contributed by atoms with van der Waals surface area (Å²) in [5.41, 5.74) is 2.03. The molecule has 1 fully saturated rings. The highest BCUT2D eigenvalue weighted by atomic mass is 16.5. The first-order chi connectivity index (χ1) is 13.2. The normalized spacial score (nSPS) is 16.3. The van der Waals surface area contributed by atoms with Gasteiger partial charge in [0.05, 0.1) is 17.9 Å². The first-order valence-electron chi connectivity index (χ1n) is 9.76. The lowest BCUT2D eigenvalue weighted by Crippen LogP contribution is -2.52. The van der Waals surface area contributed by atoms with Gasteiger partial charge < -0.3 is 19.3 Å². The highest BCUT2D eigenvalue weighted by Gasteiger charge is 2.21. The molecular formula is C19H30N6O2. The van der Waals surface area contributed by atoms with Crippen molar-refractivity contribution in [2.75, 3.05) is 33.2 Å². The summed E-state index contributed by atoms with van der Waals surface area (Å²) >= 11 is 0. The van der Waals surface area contributed by atoms with E-state index in [-0.39, 0.29) is 0 Å². The van der Waals surface area contributed by atoms with Crippen molar-refractivity contribution in [1.29, 1.82) is 0 Å². The van der Waals surface area contributed by atoms with Gasteiger partial charge in [0.2, 0.25) is 0 Å². The average molecular weight is 374 g/mol. The molecule has 0 atom stereocenters. The Balaban J connectivity index is 1.47. The molecule has 1 N–H and O–H groups in total. The smallest absolute Gasteiger partial charge is 0.194 e. The summed E-state index contributed by atoms with van der Waals surface area (Å²) < 4.78 is 10.4. The van der Waals surface area contributed by atoms with Gasteiger partial charge in [0.15, 0.2) is 11.7 Å². The molecule has 8 nitrogen and oxygen atoms in total. The van der Waals surface area contributed by atoms with Crippen LogP contribution in [0.25, 0.3) is 0 Å². The quantitative estimate of drug-likeness (QED) is 0.589. The summed E-state index contributed by atoms with van der Waals surface area (Å²) in [6.45, 7) is 9.57. The van der Waals surface area contributed by atoms with Crippen molar-refractivity contribution < 1.29 is 9.05 Å². The van der Waals surface area contributed by atoms with Crippen molar-refractivity contribution in [2.24, 2.45) is 4.99 Å². The summed E-state index contributed by atoms with van der Waals surface area (Å²) in [6.07, 6.45) is 3.78. The van der Waals surface area contributed by atoms with Crippen LogP contribution >= 0.6 is 0 Å². The van der Waals surface area contributed by atoms with Gasteiger partial charge in [-0.15, -0.1) is 0 Å². The van der Waals surface area contributed by atoms with Crippen LogP contribution in [-0.2, 0) is 13.1 Å². The van der Waals surface area contributed by atoms with E-state index in [0.717, 1.165) is 68.7 Å². The van der Waals surface area contributed by atoms with Crippen LogP contribution in [0.5, 0.6) is 0 Å². The molecule has 0 saturated carbocycles. The molecule has 27 heavy (non-hydrogen) atoms. The maximum Gasteiger partial charge on any atom is 0.194 e. The lowest BCUT2D eigenvalue weighted by molar-refractivity contribution is 0.168. The van der Waals surface area contributed by atoms with Crippen LogP contribution in [0.2, 0.25) is 0 Å². The van der Waals surface area contributed by atoms with Crippen molar-refractivity contribution in [1.82, 2.24) is 25.4 Å². The monoisotopic (exact) mass is 374 g/mol. The van der Waals surface area contributed by atoms with Crippen LogP contribution in [0.3, 0.4) is 0 Å². The number of piperazine rings is 1. The maximum absolute atomic E-state index is 5.50. The van der Waals surface area contributed by atoms with E-state index in [0.29, 0.717) is 12.5 Å². The molecule has 1 aliphatic rings. The molecule has 148 valence electrons.